The summed E-state index contributed by atoms with van der Waals surface area (Å²) in [6, 6.07) is 8.72. The van der Waals surface area contributed by atoms with Crippen LogP contribution in [0, 0.1) is 17.7 Å². The third-order valence-corrected chi connectivity index (χ3v) is 11.4. The van der Waals surface area contributed by atoms with Crippen molar-refractivity contribution in [3.8, 4) is 0 Å². The number of unbranched alkanes of at least 4 members (excludes halogenated alkanes) is 2. The van der Waals surface area contributed by atoms with Crippen LogP contribution in [0.1, 0.15) is 94.6 Å². The minimum Gasteiger partial charge on any atom is -0.206 e. The molecule has 0 atom stereocenters. The Labute approximate surface area is 187 Å². The molecule has 0 unspecified atom stereocenters. The van der Waals surface area contributed by atoms with Gasteiger partial charge in [-0.3, -0.25) is 0 Å². The van der Waals surface area contributed by atoms with Crippen LogP contribution in [-0.2, 0) is 0 Å². The van der Waals surface area contributed by atoms with Crippen LogP contribution >= 0.6 is 0 Å². The minimum absolute atomic E-state index is 0.256. The molecule has 1 aliphatic carbocycles. The van der Waals surface area contributed by atoms with E-state index in [9.17, 15) is 17.6 Å². The Kier molecular flexibility index (Phi) is 9.67. The van der Waals surface area contributed by atoms with Gasteiger partial charge in [0.1, 0.15) is 5.82 Å². The molecule has 31 heavy (non-hydrogen) atoms. The van der Waals surface area contributed by atoms with Crippen molar-refractivity contribution < 1.29 is 17.6 Å². The highest BCUT2D eigenvalue weighted by Crippen LogP contribution is 2.40. The highest BCUT2D eigenvalue weighted by Gasteiger charge is 2.26. The predicted molar refractivity (Wildman–Crippen MR) is 124 cm³/mol. The zero-order chi connectivity index (χ0) is 22.2. The van der Waals surface area contributed by atoms with Crippen LogP contribution in [-0.4, -0.2) is 8.80 Å². The van der Waals surface area contributed by atoms with Crippen LogP contribution in [0.15, 0.2) is 24.3 Å². The fourth-order valence-corrected chi connectivity index (χ4v) is 9.43. The molecule has 0 bridgehead atoms. The summed E-state index contributed by atoms with van der Waals surface area (Å²) in [4.78, 5) is 0. The van der Waals surface area contributed by atoms with Crippen molar-refractivity contribution in [3.63, 3.8) is 0 Å². The summed E-state index contributed by atoms with van der Waals surface area (Å²) in [6.45, 7) is 2.29. The van der Waals surface area contributed by atoms with Gasteiger partial charge in [-0.15, -0.1) is 0 Å². The Morgan fingerprint density at radius 2 is 1.55 bits per heavy atom. The summed E-state index contributed by atoms with van der Waals surface area (Å²) in [6.07, 6.45) is 11.7. The largest absolute Gasteiger partial charge is 0.306 e. The van der Waals surface area contributed by atoms with Crippen LogP contribution in [0.4, 0.5) is 17.6 Å². The maximum Gasteiger partial charge on any atom is 0.306 e. The number of benzene rings is 1. The summed E-state index contributed by atoms with van der Waals surface area (Å²) in [7, 11) is -0.417. The molecule has 1 heterocycles. The molecule has 3 rings (SSSR count). The lowest BCUT2D eigenvalue weighted by molar-refractivity contribution is 0.280. The van der Waals surface area contributed by atoms with Crippen molar-refractivity contribution in [2.24, 2.45) is 11.8 Å². The van der Waals surface area contributed by atoms with Gasteiger partial charge < -0.3 is 0 Å². The zero-order valence-electron chi connectivity index (χ0n) is 19.0. The molecule has 2 aliphatic rings. The molecule has 0 nitrogen and oxygen atoms in total. The molecule has 1 saturated carbocycles. The highest BCUT2D eigenvalue weighted by atomic mass is 28.3. The van der Waals surface area contributed by atoms with Crippen molar-refractivity contribution in [1.29, 1.82) is 0 Å². The van der Waals surface area contributed by atoms with Crippen molar-refractivity contribution in [2.75, 3.05) is 0 Å². The van der Waals surface area contributed by atoms with E-state index < -0.39 is 32.1 Å². The molecular weight excluding hydrogens is 416 g/mol. The summed E-state index contributed by atoms with van der Waals surface area (Å²) >= 11 is 0. The van der Waals surface area contributed by atoms with E-state index in [2.05, 4.69) is 6.92 Å². The van der Waals surface area contributed by atoms with Crippen LogP contribution in [0.25, 0.3) is 5.83 Å². The first-order valence-electron chi connectivity index (χ1n) is 12.5. The van der Waals surface area contributed by atoms with Crippen molar-refractivity contribution in [3.05, 3.63) is 41.2 Å². The summed E-state index contributed by atoms with van der Waals surface area (Å²) in [5.74, 6) is -0.690. The molecule has 2 fully saturated rings. The molecule has 0 aromatic heterocycles. The van der Waals surface area contributed by atoms with Gasteiger partial charge in [0, 0.05) is 8.80 Å². The summed E-state index contributed by atoms with van der Waals surface area (Å²) < 4.78 is 52.3. The molecule has 1 aliphatic heterocycles. The predicted octanol–water partition coefficient (Wildman–Crippen LogP) is 9.24. The van der Waals surface area contributed by atoms with E-state index in [0.717, 1.165) is 49.1 Å². The van der Waals surface area contributed by atoms with Crippen molar-refractivity contribution in [1.82, 2.24) is 0 Å². The van der Waals surface area contributed by atoms with E-state index in [4.69, 9.17) is 0 Å². The van der Waals surface area contributed by atoms with Gasteiger partial charge in [0.15, 0.2) is 5.83 Å². The fourth-order valence-electron chi connectivity index (χ4n) is 5.81. The zero-order valence-corrected chi connectivity index (χ0v) is 20.1. The Morgan fingerprint density at radius 3 is 2.13 bits per heavy atom. The van der Waals surface area contributed by atoms with Gasteiger partial charge in [-0.25, -0.2) is 8.78 Å². The molecule has 5 heteroatoms. The fraction of sp³-hybridized carbons (Fsp3) is 0.692. The lowest BCUT2D eigenvalue weighted by atomic mass is 9.76. The molecule has 1 aromatic carbocycles. The van der Waals surface area contributed by atoms with Gasteiger partial charge in [-0.05, 0) is 61.1 Å². The molecule has 0 radical (unpaired) electrons. The first kappa shape index (κ1) is 24.5. The van der Waals surface area contributed by atoms with Gasteiger partial charge in [-0.1, -0.05) is 76.1 Å². The Morgan fingerprint density at radius 1 is 0.903 bits per heavy atom. The SMILES string of the molecule is CCCCC[Si@H]1CC[C@H](CCC2CCC(c3ccc(C(F)=C(F)F)c(F)c3)CC2)CC1. The minimum atomic E-state index is -2.47. The van der Waals surface area contributed by atoms with E-state index in [1.807, 2.05) is 0 Å². The van der Waals surface area contributed by atoms with E-state index in [0.29, 0.717) is 0 Å². The number of hydrogen-bond donors (Lipinski definition) is 0. The standard InChI is InChI=1S/C26H38F4Si/c1-2-3-4-15-31-16-13-20(14-17-31)6-5-19-7-9-21(10-8-19)22-11-12-23(24(27)18-22)25(28)26(29)30/h11-12,18-21,31H,2-10,13-17H2,1H3/t19?,20-,21?,31-. The first-order chi connectivity index (χ1) is 15.0. The van der Waals surface area contributed by atoms with E-state index in [1.165, 1.54) is 51.0 Å². The van der Waals surface area contributed by atoms with Gasteiger partial charge >= 0.3 is 6.08 Å². The second kappa shape index (κ2) is 12.2. The average molecular weight is 455 g/mol. The molecule has 0 N–H and O–H groups in total. The van der Waals surface area contributed by atoms with Crippen LogP contribution in [0.2, 0.25) is 18.1 Å². The van der Waals surface area contributed by atoms with Gasteiger partial charge in [0.05, 0.1) is 5.56 Å². The maximum absolute atomic E-state index is 14.1. The second-order valence-electron chi connectivity index (χ2n) is 9.99. The Bertz CT molecular complexity index is 712. The van der Waals surface area contributed by atoms with E-state index in [-0.39, 0.29) is 5.92 Å². The number of halogens is 4. The molecule has 174 valence electrons. The molecule has 1 aromatic rings. The molecule has 0 amide bonds. The number of rotatable bonds is 9. The lowest BCUT2D eigenvalue weighted by Crippen LogP contribution is -2.22. The van der Waals surface area contributed by atoms with E-state index in [1.54, 1.807) is 24.2 Å². The first-order valence-corrected chi connectivity index (χ1v) is 14.9. The molecular formula is C26H38F4Si. The molecule has 0 spiro atoms. The topological polar surface area (TPSA) is 0 Å². The van der Waals surface area contributed by atoms with Crippen molar-refractivity contribution >= 4 is 14.6 Å². The van der Waals surface area contributed by atoms with Crippen LogP contribution in [0.3, 0.4) is 0 Å². The molecule has 1 saturated heterocycles. The highest BCUT2D eigenvalue weighted by molar-refractivity contribution is 6.58. The third-order valence-electron chi connectivity index (χ3n) is 7.88. The Balaban J connectivity index is 1.39. The normalized spacial score (nSPS) is 26.6. The van der Waals surface area contributed by atoms with Gasteiger partial charge in [-0.2, -0.15) is 8.78 Å². The lowest BCUT2D eigenvalue weighted by Gasteiger charge is -2.32. The Hall–Kier alpha value is -1.10. The average Bonchev–Trinajstić information content (AvgIpc) is 2.78. The maximum atomic E-state index is 14.1. The summed E-state index contributed by atoms with van der Waals surface area (Å²) in [5, 5.41) is 0. The van der Waals surface area contributed by atoms with Gasteiger partial charge in [0.2, 0.25) is 0 Å². The summed E-state index contributed by atoms with van der Waals surface area (Å²) in [5.41, 5.74) is 0.179. The van der Waals surface area contributed by atoms with Gasteiger partial charge in [0.25, 0.3) is 0 Å². The number of hydrogen-bond acceptors (Lipinski definition) is 0. The smallest absolute Gasteiger partial charge is 0.206 e. The van der Waals surface area contributed by atoms with Crippen molar-refractivity contribution in [2.45, 2.75) is 102 Å². The third kappa shape index (κ3) is 7.20. The van der Waals surface area contributed by atoms with Crippen LogP contribution < -0.4 is 0 Å². The van der Waals surface area contributed by atoms with Crippen LogP contribution in [0.5, 0.6) is 0 Å². The monoisotopic (exact) mass is 454 g/mol. The quantitative estimate of drug-likeness (QED) is 0.198. The van der Waals surface area contributed by atoms with E-state index >= 15 is 0 Å². The second-order valence-corrected chi connectivity index (χ2v) is 13.5.